The summed E-state index contributed by atoms with van der Waals surface area (Å²) >= 11 is 1.52. The minimum Gasteiger partial charge on any atom is -0.406 e. The Balaban J connectivity index is 1.42. The van der Waals surface area contributed by atoms with Crippen LogP contribution in [0, 0.1) is 0 Å². The summed E-state index contributed by atoms with van der Waals surface area (Å²) in [6, 6.07) is 4.21. The molecule has 8 nitrogen and oxygen atoms in total. The number of benzene rings is 1. The molecule has 1 aromatic heterocycles. The molecule has 0 atom stereocenters. The fourth-order valence-corrected chi connectivity index (χ4v) is 5.53. The molecule has 160 valence electrons. The third-order valence-electron chi connectivity index (χ3n) is 4.53. The number of hydrogen-bond acceptors (Lipinski definition) is 8. The van der Waals surface area contributed by atoms with E-state index in [2.05, 4.69) is 19.9 Å². The summed E-state index contributed by atoms with van der Waals surface area (Å²) in [5, 5.41) is 8.53. The van der Waals surface area contributed by atoms with Gasteiger partial charge in [-0.1, -0.05) is 0 Å². The molecule has 0 N–H and O–H groups in total. The molecular formula is C17H16F3N5O3S2. The van der Waals surface area contributed by atoms with E-state index in [0.717, 1.165) is 40.0 Å². The van der Waals surface area contributed by atoms with E-state index in [9.17, 15) is 21.6 Å². The number of nitrogens with zero attached hydrogens (tertiary/aromatic N) is 5. The quantitative estimate of drug-likeness (QED) is 0.701. The van der Waals surface area contributed by atoms with Gasteiger partial charge in [0.15, 0.2) is 5.13 Å². The number of aromatic nitrogens is 1. The second kappa shape index (κ2) is 7.96. The Labute approximate surface area is 174 Å². The maximum absolute atomic E-state index is 12.8. The van der Waals surface area contributed by atoms with Gasteiger partial charge in [-0.05, 0) is 24.3 Å². The molecule has 3 heterocycles. The third-order valence-corrected chi connectivity index (χ3v) is 7.59. The molecule has 0 radical (unpaired) electrons. The summed E-state index contributed by atoms with van der Waals surface area (Å²) in [5.41, 5.74) is 0.767. The molecule has 30 heavy (non-hydrogen) atoms. The molecule has 2 aliphatic rings. The van der Waals surface area contributed by atoms with E-state index in [0.29, 0.717) is 19.5 Å². The van der Waals surface area contributed by atoms with Crippen LogP contribution < -0.4 is 9.64 Å². The Hall–Kier alpha value is -2.51. The molecule has 1 aromatic carbocycles. The first-order chi connectivity index (χ1) is 14.2. The second-order valence-electron chi connectivity index (χ2n) is 6.46. The standard InChI is InChI=1S/C17H16F3N5O3S2/c18-17(19,20)28-12-1-3-13(4-2-12)30(26,27)25-9-7-24(8-10-25)16-23-14-11-22-21-6-5-15(14)29-16/h1-4,6,11H,5,7-10H2. The molecule has 0 amide bonds. The van der Waals surface area contributed by atoms with Gasteiger partial charge in [0.2, 0.25) is 10.0 Å². The van der Waals surface area contributed by atoms with Crippen molar-refractivity contribution in [1.29, 1.82) is 0 Å². The van der Waals surface area contributed by atoms with Crippen molar-refractivity contribution in [2.24, 2.45) is 10.2 Å². The van der Waals surface area contributed by atoms with Crippen LogP contribution in [0.1, 0.15) is 10.6 Å². The van der Waals surface area contributed by atoms with Crippen LogP contribution >= 0.6 is 11.3 Å². The fourth-order valence-electron chi connectivity index (χ4n) is 3.07. The Morgan fingerprint density at radius 2 is 1.73 bits per heavy atom. The molecule has 2 aliphatic heterocycles. The monoisotopic (exact) mass is 459 g/mol. The second-order valence-corrected chi connectivity index (χ2v) is 9.46. The number of sulfonamides is 1. The summed E-state index contributed by atoms with van der Waals surface area (Å²) in [4.78, 5) is 7.54. The lowest BCUT2D eigenvalue weighted by Gasteiger charge is -2.33. The lowest BCUT2D eigenvalue weighted by atomic mass is 10.3. The molecule has 0 saturated carbocycles. The molecule has 4 rings (SSSR count). The van der Waals surface area contributed by atoms with Gasteiger partial charge in [0.25, 0.3) is 0 Å². The third kappa shape index (κ3) is 4.47. The molecule has 0 bridgehead atoms. The van der Waals surface area contributed by atoms with Crippen LogP contribution in [0.2, 0.25) is 0 Å². The van der Waals surface area contributed by atoms with Crippen molar-refractivity contribution >= 4 is 38.9 Å². The zero-order chi connectivity index (χ0) is 21.4. The Morgan fingerprint density at radius 1 is 1.03 bits per heavy atom. The number of alkyl halides is 3. The van der Waals surface area contributed by atoms with Crippen LogP contribution in [-0.4, -0.2) is 62.7 Å². The average Bonchev–Trinajstić information content (AvgIpc) is 2.98. The van der Waals surface area contributed by atoms with Crippen molar-refractivity contribution < 1.29 is 26.3 Å². The van der Waals surface area contributed by atoms with E-state index >= 15 is 0 Å². The van der Waals surface area contributed by atoms with Gasteiger partial charge >= 0.3 is 6.36 Å². The maximum Gasteiger partial charge on any atom is 0.573 e. The van der Waals surface area contributed by atoms with E-state index in [4.69, 9.17) is 0 Å². The number of hydrogen-bond donors (Lipinski definition) is 0. The van der Waals surface area contributed by atoms with Crippen molar-refractivity contribution in [3.05, 3.63) is 34.8 Å². The maximum atomic E-state index is 12.8. The van der Waals surface area contributed by atoms with E-state index in [1.54, 1.807) is 12.4 Å². The normalized spacial score (nSPS) is 17.6. The number of fused-ring (bicyclic) bond motifs is 1. The summed E-state index contributed by atoms with van der Waals surface area (Å²) in [6.45, 7) is 1.38. The lowest BCUT2D eigenvalue weighted by Crippen LogP contribution is -2.48. The van der Waals surface area contributed by atoms with Gasteiger partial charge < -0.3 is 9.64 Å². The molecule has 1 fully saturated rings. The van der Waals surface area contributed by atoms with Gasteiger partial charge in [0.1, 0.15) is 5.75 Å². The highest BCUT2D eigenvalue weighted by atomic mass is 32.2. The molecular weight excluding hydrogens is 443 g/mol. The highest BCUT2D eigenvalue weighted by molar-refractivity contribution is 7.89. The number of halogens is 3. The van der Waals surface area contributed by atoms with E-state index in [1.807, 2.05) is 4.90 Å². The molecule has 0 aliphatic carbocycles. The Kier molecular flexibility index (Phi) is 5.51. The highest BCUT2D eigenvalue weighted by Gasteiger charge is 2.32. The first kappa shape index (κ1) is 20.8. The average molecular weight is 459 g/mol. The van der Waals surface area contributed by atoms with Crippen molar-refractivity contribution in [3.63, 3.8) is 0 Å². The van der Waals surface area contributed by atoms with Crippen LogP contribution in [0.15, 0.2) is 39.4 Å². The van der Waals surface area contributed by atoms with Crippen molar-refractivity contribution in [2.45, 2.75) is 17.7 Å². The number of thiazole rings is 1. The Morgan fingerprint density at radius 3 is 2.40 bits per heavy atom. The first-order valence-electron chi connectivity index (χ1n) is 8.88. The van der Waals surface area contributed by atoms with Crippen LogP contribution in [-0.2, 0) is 16.4 Å². The van der Waals surface area contributed by atoms with Crippen LogP contribution in [0.25, 0.3) is 0 Å². The van der Waals surface area contributed by atoms with Crippen LogP contribution in [0.5, 0.6) is 5.75 Å². The summed E-state index contributed by atoms with van der Waals surface area (Å²) in [7, 11) is -3.82. The largest absolute Gasteiger partial charge is 0.573 e. The van der Waals surface area contributed by atoms with Gasteiger partial charge in [-0.3, -0.25) is 0 Å². The van der Waals surface area contributed by atoms with Crippen LogP contribution in [0.3, 0.4) is 0 Å². The van der Waals surface area contributed by atoms with E-state index < -0.39 is 22.1 Å². The predicted octanol–water partition coefficient (Wildman–Crippen LogP) is 2.51. The zero-order valence-electron chi connectivity index (χ0n) is 15.4. The van der Waals surface area contributed by atoms with Gasteiger partial charge in [0.05, 0.1) is 16.8 Å². The number of ether oxygens (including phenoxy) is 1. The molecule has 0 spiro atoms. The fraction of sp³-hybridized carbons (Fsp3) is 0.353. The number of piperazine rings is 1. The van der Waals surface area contributed by atoms with Crippen molar-refractivity contribution in [2.75, 3.05) is 31.1 Å². The first-order valence-corrected chi connectivity index (χ1v) is 11.1. The van der Waals surface area contributed by atoms with E-state index in [-0.39, 0.29) is 18.0 Å². The van der Waals surface area contributed by atoms with Crippen molar-refractivity contribution in [1.82, 2.24) is 9.29 Å². The lowest BCUT2D eigenvalue weighted by molar-refractivity contribution is -0.274. The zero-order valence-corrected chi connectivity index (χ0v) is 17.0. The number of anilines is 1. The molecule has 2 aromatic rings. The van der Waals surface area contributed by atoms with Crippen LogP contribution in [0.4, 0.5) is 18.3 Å². The SMILES string of the molecule is O=S(=O)(c1ccc(OC(F)(F)F)cc1)N1CCN(c2nc3c(s2)CC=NN=C3)CC1. The predicted molar refractivity (Wildman–Crippen MR) is 106 cm³/mol. The topological polar surface area (TPSA) is 87.5 Å². The highest BCUT2D eigenvalue weighted by Crippen LogP contribution is 2.29. The van der Waals surface area contributed by atoms with E-state index in [1.165, 1.54) is 15.6 Å². The smallest absolute Gasteiger partial charge is 0.406 e. The summed E-state index contributed by atoms with van der Waals surface area (Å²) < 4.78 is 67.5. The summed E-state index contributed by atoms with van der Waals surface area (Å²) in [6.07, 6.45) is -0.871. The van der Waals surface area contributed by atoms with Gasteiger partial charge in [-0.15, -0.1) is 24.5 Å². The molecule has 1 saturated heterocycles. The minimum absolute atomic E-state index is 0.0815. The van der Waals surface area contributed by atoms with Crippen molar-refractivity contribution in [3.8, 4) is 5.75 Å². The van der Waals surface area contributed by atoms with Gasteiger partial charge in [-0.25, -0.2) is 13.4 Å². The Bertz CT molecular complexity index is 1070. The van der Waals surface area contributed by atoms with Gasteiger partial charge in [-0.2, -0.15) is 14.5 Å². The molecule has 13 heteroatoms. The number of rotatable bonds is 4. The summed E-state index contributed by atoms with van der Waals surface area (Å²) in [5.74, 6) is -0.469. The molecule has 0 unspecified atom stereocenters. The van der Waals surface area contributed by atoms with Gasteiger partial charge in [0, 0.05) is 43.7 Å². The minimum atomic E-state index is -4.83.